The number of hydrogen-bond acceptors (Lipinski definition) is 2. The van der Waals surface area contributed by atoms with Crippen molar-refractivity contribution in [3.8, 4) is 0 Å². The number of fused-ring (bicyclic) bond motifs is 1. The van der Waals surface area contributed by atoms with Crippen LogP contribution in [0.3, 0.4) is 0 Å². The zero-order valence-electron chi connectivity index (χ0n) is 8.16. The maximum atomic E-state index is 4.36. The topological polar surface area (TPSA) is 16.1 Å². The summed E-state index contributed by atoms with van der Waals surface area (Å²) < 4.78 is 1.09. The summed E-state index contributed by atoms with van der Waals surface area (Å²) in [6.45, 7) is 0. The van der Waals surface area contributed by atoms with Gasteiger partial charge >= 0.3 is 0 Å². The summed E-state index contributed by atoms with van der Waals surface area (Å²) in [4.78, 5) is 6.38. The highest BCUT2D eigenvalue weighted by Gasteiger charge is 2.06. The van der Waals surface area contributed by atoms with Gasteiger partial charge in [0.15, 0.2) is 0 Å². The lowest BCUT2D eigenvalue weighted by Gasteiger charge is -2.14. The van der Waals surface area contributed by atoms with Gasteiger partial charge in [-0.25, -0.2) is 4.98 Å². The van der Waals surface area contributed by atoms with Crippen molar-refractivity contribution in [2.75, 3.05) is 19.0 Å². The number of rotatable bonds is 1. The quantitative estimate of drug-likeness (QED) is 0.774. The molecule has 1 aromatic carbocycles. The van der Waals surface area contributed by atoms with Gasteiger partial charge in [0.05, 0.1) is 0 Å². The smallest absolute Gasteiger partial charge is 0.137 e. The van der Waals surface area contributed by atoms with Gasteiger partial charge in [0.2, 0.25) is 0 Å². The van der Waals surface area contributed by atoms with E-state index < -0.39 is 0 Å². The van der Waals surface area contributed by atoms with E-state index in [1.165, 1.54) is 10.8 Å². The van der Waals surface area contributed by atoms with Gasteiger partial charge in [-0.15, -0.1) is 0 Å². The molecule has 14 heavy (non-hydrogen) atoms. The SMILES string of the molecule is CN(C)c1nccc2cccc(Br)c12. The molecule has 1 heterocycles. The summed E-state index contributed by atoms with van der Waals surface area (Å²) in [7, 11) is 4.00. The summed E-state index contributed by atoms with van der Waals surface area (Å²) in [5, 5.41) is 2.37. The van der Waals surface area contributed by atoms with E-state index >= 15 is 0 Å². The zero-order valence-corrected chi connectivity index (χ0v) is 9.75. The summed E-state index contributed by atoms with van der Waals surface area (Å²) in [5.74, 6) is 0.995. The number of aromatic nitrogens is 1. The van der Waals surface area contributed by atoms with Crippen LogP contribution in [-0.4, -0.2) is 19.1 Å². The molecule has 0 saturated carbocycles. The van der Waals surface area contributed by atoms with Gasteiger partial charge in [0, 0.05) is 30.2 Å². The molecule has 0 atom stereocenters. The van der Waals surface area contributed by atoms with Crippen LogP contribution in [0.1, 0.15) is 0 Å². The van der Waals surface area contributed by atoms with Crippen molar-refractivity contribution in [3.63, 3.8) is 0 Å². The average Bonchev–Trinajstić information content (AvgIpc) is 2.17. The minimum absolute atomic E-state index is 0.995. The Morgan fingerprint density at radius 1 is 1.21 bits per heavy atom. The highest BCUT2D eigenvalue weighted by atomic mass is 79.9. The van der Waals surface area contributed by atoms with E-state index in [1.807, 2.05) is 43.4 Å². The fourth-order valence-electron chi connectivity index (χ4n) is 1.51. The van der Waals surface area contributed by atoms with E-state index in [9.17, 15) is 0 Å². The van der Waals surface area contributed by atoms with Crippen LogP contribution in [-0.2, 0) is 0 Å². The van der Waals surface area contributed by atoms with E-state index in [-0.39, 0.29) is 0 Å². The second-order valence-corrected chi connectivity index (χ2v) is 4.22. The van der Waals surface area contributed by atoms with Gasteiger partial charge in [-0.1, -0.05) is 28.1 Å². The van der Waals surface area contributed by atoms with Crippen LogP contribution in [0, 0.1) is 0 Å². The Balaban J connectivity index is 2.84. The first-order valence-corrected chi connectivity index (χ1v) is 5.20. The van der Waals surface area contributed by atoms with Crippen molar-refractivity contribution in [2.24, 2.45) is 0 Å². The van der Waals surface area contributed by atoms with Crippen LogP contribution in [0.4, 0.5) is 5.82 Å². The number of pyridine rings is 1. The molecule has 0 aliphatic rings. The Morgan fingerprint density at radius 2 is 2.00 bits per heavy atom. The number of benzene rings is 1. The highest BCUT2D eigenvalue weighted by Crippen LogP contribution is 2.29. The van der Waals surface area contributed by atoms with Gasteiger partial charge in [0.25, 0.3) is 0 Å². The van der Waals surface area contributed by atoms with Crippen LogP contribution in [0.15, 0.2) is 34.9 Å². The molecule has 2 aromatic rings. The standard InChI is InChI=1S/C11H11BrN2/c1-14(2)11-10-8(6-7-13-11)4-3-5-9(10)12/h3-7H,1-2H3. The molecule has 0 amide bonds. The molecule has 72 valence electrons. The molecule has 0 N–H and O–H groups in total. The normalized spacial score (nSPS) is 10.5. The summed E-state index contributed by atoms with van der Waals surface area (Å²) >= 11 is 3.55. The van der Waals surface area contributed by atoms with Gasteiger partial charge in [-0.3, -0.25) is 0 Å². The lowest BCUT2D eigenvalue weighted by atomic mass is 10.1. The van der Waals surface area contributed by atoms with Crippen LogP contribution in [0.25, 0.3) is 10.8 Å². The van der Waals surface area contributed by atoms with Crippen LogP contribution in [0.2, 0.25) is 0 Å². The molecule has 0 saturated heterocycles. The molecule has 0 unspecified atom stereocenters. The largest absolute Gasteiger partial charge is 0.362 e. The lowest BCUT2D eigenvalue weighted by Crippen LogP contribution is -2.10. The average molecular weight is 251 g/mol. The van der Waals surface area contributed by atoms with E-state index in [4.69, 9.17) is 0 Å². The maximum Gasteiger partial charge on any atom is 0.137 e. The third kappa shape index (κ3) is 1.48. The molecule has 2 rings (SSSR count). The van der Waals surface area contributed by atoms with Gasteiger partial charge in [-0.2, -0.15) is 0 Å². The van der Waals surface area contributed by atoms with Crippen molar-refractivity contribution in [1.82, 2.24) is 4.98 Å². The lowest BCUT2D eigenvalue weighted by molar-refractivity contribution is 1.08. The predicted molar refractivity (Wildman–Crippen MR) is 63.8 cm³/mol. The minimum atomic E-state index is 0.995. The first-order valence-electron chi connectivity index (χ1n) is 4.40. The number of hydrogen-bond donors (Lipinski definition) is 0. The molecule has 0 fully saturated rings. The first kappa shape index (κ1) is 9.46. The minimum Gasteiger partial charge on any atom is -0.362 e. The highest BCUT2D eigenvalue weighted by molar-refractivity contribution is 9.10. The van der Waals surface area contributed by atoms with Crippen molar-refractivity contribution < 1.29 is 0 Å². The van der Waals surface area contributed by atoms with Crippen molar-refractivity contribution >= 4 is 32.5 Å². The van der Waals surface area contributed by atoms with Gasteiger partial charge < -0.3 is 4.90 Å². The summed E-state index contributed by atoms with van der Waals surface area (Å²) in [5.41, 5.74) is 0. The zero-order chi connectivity index (χ0) is 10.1. The van der Waals surface area contributed by atoms with E-state index in [2.05, 4.69) is 27.0 Å². The number of anilines is 1. The third-order valence-corrected chi connectivity index (χ3v) is 2.80. The Hall–Kier alpha value is -1.09. The van der Waals surface area contributed by atoms with Gasteiger partial charge in [-0.05, 0) is 17.5 Å². The Kier molecular flexibility index (Phi) is 2.42. The Labute approximate surface area is 91.7 Å². The fourth-order valence-corrected chi connectivity index (χ4v) is 2.07. The molecular formula is C11H11BrN2. The van der Waals surface area contributed by atoms with E-state index in [0.29, 0.717) is 0 Å². The van der Waals surface area contributed by atoms with E-state index in [0.717, 1.165) is 10.3 Å². The molecule has 0 aliphatic heterocycles. The summed E-state index contributed by atoms with van der Waals surface area (Å²) in [6, 6.07) is 8.19. The maximum absolute atomic E-state index is 4.36. The summed E-state index contributed by atoms with van der Waals surface area (Å²) in [6.07, 6.45) is 1.84. The molecule has 0 aliphatic carbocycles. The molecule has 1 aromatic heterocycles. The molecule has 0 bridgehead atoms. The molecule has 0 radical (unpaired) electrons. The molecule has 3 heteroatoms. The predicted octanol–water partition coefficient (Wildman–Crippen LogP) is 3.06. The van der Waals surface area contributed by atoms with Crippen LogP contribution in [0.5, 0.6) is 0 Å². The van der Waals surface area contributed by atoms with Crippen LogP contribution >= 0.6 is 15.9 Å². The van der Waals surface area contributed by atoms with Crippen LogP contribution < -0.4 is 4.90 Å². The second kappa shape index (κ2) is 3.58. The second-order valence-electron chi connectivity index (χ2n) is 3.37. The monoisotopic (exact) mass is 250 g/mol. The molecular weight excluding hydrogens is 240 g/mol. The fraction of sp³-hybridized carbons (Fsp3) is 0.182. The first-order chi connectivity index (χ1) is 6.70. The Bertz CT molecular complexity index is 461. The van der Waals surface area contributed by atoms with Gasteiger partial charge in [0.1, 0.15) is 5.82 Å². The number of nitrogens with zero attached hydrogens (tertiary/aromatic N) is 2. The van der Waals surface area contributed by atoms with E-state index in [1.54, 1.807) is 0 Å². The number of halogens is 1. The van der Waals surface area contributed by atoms with Crippen molar-refractivity contribution in [2.45, 2.75) is 0 Å². The Morgan fingerprint density at radius 3 is 2.71 bits per heavy atom. The van der Waals surface area contributed by atoms with Crippen molar-refractivity contribution in [3.05, 3.63) is 34.9 Å². The molecule has 0 spiro atoms. The third-order valence-electron chi connectivity index (χ3n) is 2.14. The van der Waals surface area contributed by atoms with Crippen molar-refractivity contribution in [1.29, 1.82) is 0 Å². The molecule has 2 nitrogen and oxygen atoms in total.